The monoisotopic (exact) mass is 279 g/mol. The number of nitrogens with one attached hydrogen (secondary N) is 1. The molecule has 0 aliphatic heterocycles. The average molecular weight is 279 g/mol. The number of nitrogens with zero attached hydrogens (tertiary/aromatic N) is 1. The van der Waals surface area contributed by atoms with Gasteiger partial charge in [0, 0.05) is 5.92 Å². The Morgan fingerprint density at radius 3 is 3.00 bits per heavy atom. The van der Waals surface area contributed by atoms with Crippen LogP contribution in [-0.4, -0.2) is 17.4 Å². The molecule has 0 saturated heterocycles. The fourth-order valence-corrected chi connectivity index (χ4v) is 2.40. The largest absolute Gasteiger partial charge is 0.320 e. The second-order valence-electron chi connectivity index (χ2n) is 4.27. The van der Waals surface area contributed by atoms with Crippen molar-refractivity contribution in [2.45, 2.75) is 39.5 Å². The van der Waals surface area contributed by atoms with Crippen LogP contribution in [0.2, 0.25) is 0 Å². The molecule has 5 heteroatoms. The van der Waals surface area contributed by atoms with Gasteiger partial charge in [0.15, 0.2) is 5.13 Å². The Morgan fingerprint density at radius 1 is 1.58 bits per heavy atom. The molecule has 1 atom stereocenters. The molecule has 0 radical (unpaired) electrons. The van der Waals surface area contributed by atoms with Gasteiger partial charge >= 0.3 is 0 Å². The third kappa shape index (κ3) is 5.41. The number of rotatable bonds is 6. The number of thiazole rings is 1. The van der Waals surface area contributed by atoms with Crippen molar-refractivity contribution in [2.24, 2.45) is 11.7 Å². The van der Waals surface area contributed by atoms with Crippen LogP contribution >= 0.6 is 11.3 Å². The second-order valence-corrected chi connectivity index (χ2v) is 5.30. The van der Waals surface area contributed by atoms with E-state index < -0.39 is 0 Å². The first-order valence-electron chi connectivity index (χ1n) is 6.66. The SMILES string of the molecule is CCCCC(CC)C(=O)Nc1ncc(C#CCN)s1. The second kappa shape index (κ2) is 8.68. The highest BCUT2D eigenvalue weighted by atomic mass is 32.1. The molecule has 0 fully saturated rings. The number of hydrogen-bond acceptors (Lipinski definition) is 4. The zero-order valence-corrected chi connectivity index (χ0v) is 12.3. The van der Waals surface area contributed by atoms with Crippen molar-refractivity contribution in [2.75, 3.05) is 11.9 Å². The minimum atomic E-state index is 0.0589. The molecule has 1 rings (SSSR count). The molecule has 3 N–H and O–H groups in total. The number of anilines is 1. The molecule has 1 amide bonds. The molecule has 1 aromatic heterocycles. The first-order chi connectivity index (χ1) is 9.21. The summed E-state index contributed by atoms with van der Waals surface area (Å²) in [5.41, 5.74) is 5.31. The number of nitrogens with two attached hydrogens (primary N) is 1. The molecule has 0 aliphatic rings. The van der Waals surface area contributed by atoms with E-state index in [4.69, 9.17) is 5.73 Å². The third-order valence-corrected chi connectivity index (χ3v) is 3.65. The number of unbranched alkanes of at least 4 members (excludes halogenated alkanes) is 1. The highest BCUT2D eigenvalue weighted by Crippen LogP contribution is 2.20. The first-order valence-corrected chi connectivity index (χ1v) is 7.48. The van der Waals surface area contributed by atoms with Crippen LogP contribution in [-0.2, 0) is 4.79 Å². The molecule has 1 heterocycles. The lowest BCUT2D eigenvalue weighted by atomic mass is 9.99. The minimum absolute atomic E-state index is 0.0589. The maximum atomic E-state index is 12.1. The van der Waals surface area contributed by atoms with E-state index >= 15 is 0 Å². The van der Waals surface area contributed by atoms with Crippen LogP contribution in [0, 0.1) is 17.8 Å². The van der Waals surface area contributed by atoms with Crippen LogP contribution < -0.4 is 11.1 Å². The summed E-state index contributed by atoms with van der Waals surface area (Å²) in [6.45, 7) is 4.50. The van der Waals surface area contributed by atoms with Crippen molar-refractivity contribution in [3.05, 3.63) is 11.1 Å². The lowest BCUT2D eigenvalue weighted by Crippen LogP contribution is -2.22. The van der Waals surface area contributed by atoms with Crippen LogP contribution in [0.5, 0.6) is 0 Å². The molecule has 0 aliphatic carbocycles. The molecule has 0 spiro atoms. The van der Waals surface area contributed by atoms with Gasteiger partial charge in [0.05, 0.1) is 17.6 Å². The van der Waals surface area contributed by atoms with Crippen LogP contribution in [0.15, 0.2) is 6.20 Å². The topological polar surface area (TPSA) is 68.0 Å². The molecule has 104 valence electrons. The van der Waals surface area contributed by atoms with Crippen LogP contribution in [0.1, 0.15) is 44.4 Å². The van der Waals surface area contributed by atoms with Gasteiger partial charge in [0.25, 0.3) is 0 Å². The van der Waals surface area contributed by atoms with E-state index in [0.29, 0.717) is 11.7 Å². The first kappa shape index (κ1) is 15.7. The van der Waals surface area contributed by atoms with Crippen LogP contribution in [0.3, 0.4) is 0 Å². The Balaban J connectivity index is 2.57. The van der Waals surface area contributed by atoms with E-state index in [1.165, 1.54) is 11.3 Å². The molecule has 0 saturated carbocycles. The maximum Gasteiger partial charge on any atom is 0.229 e. The highest BCUT2D eigenvalue weighted by molar-refractivity contribution is 7.16. The molecule has 4 nitrogen and oxygen atoms in total. The van der Waals surface area contributed by atoms with Crippen molar-refractivity contribution >= 4 is 22.4 Å². The lowest BCUT2D eigenvalue weighted by Gasteiger charge is -2.12. The van der Waals surface area contributed by atoms with Crippen LogP contribution in [0.25, 0.3) is 0 Å². The fraction of sp³-hybridized carbons (Fsp3) is 0.571. The Labute approximate surface area is 118 Å². The Kier molecular flexibility index (Phi) is 7.16. The maximum absolute atomic E-state index is 12.1. The minimum Gasteiger partial charge on any atom is -0.320 e. The Hall–Kier alpha value is -1.38. The average Bonchev–Trinajstić information content (AvgIpc) is 2.84. The van der Waals surface area contributed by atoms with Crippen molar-refractivity contribution in [1.29, 1.82) is 0 Å². The van der Waals surface area contributed by atoms with Crippen LogP contribution in [0.4, 0.5) is 5.13 Å². The zero-order chi connectivity index (χ0) is 14.1. The summed E-state index contributed by atoms with van der Waals surface area (Å²) in [6.07, 6.45) is 5.65. The van der Waals surface area contributed by atoms with Gasteiger partial charge in [-0.1, -0.05) is 49.9 Å². The van der Waals surface area contributed by atoms with E-state index in [0.717, 1.165) is 30.6 Å². The predicted molar refractivity (Wildman–Crippen MR) is 80.0 cm³/mol. The summed E-state index contributed by atoms with van der Waals surface area (Å²) in [4.78, 5) is 17.0. The van der Waals surface area contributed by atoms with Gasteiger partial charge in [-0.3, -0.25) is 4.79 Å². The van der Waals surface area contributed by atoms with Gasteiger partial charge in [0.2, 0.25) is 5.91 Å². The van der Waals surface area contributed by atoms with Gasteiger partial charge in [0.1, 0.15) is 0 Å². The normalized spacial score (nSPS) is 11.5. The van der Waals surface area contributed by atoms with Gasteiger partial charge in [-0.2, -0.15) is 0 Å². The van der Waals surface area contributed by atoms with Gasteiger partial charge in [-0.25, -0.2) is 4.98 Å². The predicted octanol–water partition coefficient (Wildman–Crippen LogP) is 2.61. The molecule has 19 heavy (non-hydrogen) atoms. The van der Waals surface area contributed by atoms with E-state index in [1.807, 2.05) is 6.92 Å². The highest BCUT2D eigenvalue weighted by Gasteiger charge is 2.16. The molecular weight excluding hydrogens is 258 g/mol. The van der Waals surface area contributed by atoms with Crippen molar-refractivity contribution < 1.29 is 4.79 Å². The molecule has 0 aromatic carbocycles. The Morgan fingerprint density at radius 2 is 2.37 bits per heavy atom. The third-order valence-electron chi connectivity index (χ3n) is 2.82. The summed E-state index contributed by atoms with van der Waals surface area (Å²) in [6, 6.07) is 0. The van der Waals surface area contributed by atoms with Gasteiger partial charge in [-0.15, -0.1) is 0 Å². The zero-order valence-electron chi connectivity index (χ0n) is 11.5. The van der Waals surface area contributed by atoms with Gasteiger partial charge < -0.3 is 11.1 Å². The van der Waals surface area contributed by atoms with Crippen molar-refractivity contribution in [1.82, 2.24) is 4.98 Å². The molecule has 1 aromatic rings. The summed E-state index contributed by atoms with van der Waals surface area (Å²) in [7, 11) is 0. The molecule has 1 unspecified atom stereocenters. The number of carbonyl (C=O) groups excluding carboxylic acids is 1. The molecule has 0 bridgehead atoms. The number of carbonyl (C=O) groups is 1. The summed E-state index contributed by atoms with van der Waals surface area (Å²) in [5.74, 6) is 5.80. The van der Waals surface area contributed by atoms with E-state index in [-0.39, 0.29) is 11.8 Å². The van der Waals surface area contributed by atoms with Gasteiger partial charge in [-0.05, 0) is 12.8 Å². The summed E-state index contributed by atoms with van der Waals surface area (Å²) >= 11 is 1.38. The van der Waals surface area contributed by atoms with E-state index in [1.54, 1.807) is 6.20 Å². The smallest absolute Gasteiger partial charge is 0.229 e. The Bertz CT molecular complexity index is 459. The standard InChI is InChI=1S/C14H21N3OS/c1-3-5-7-11(4-2)13(18)17-14-16-10-12(19-14)8-6-9-15/h10-11H,3-5,7,9,15H2,1-2H3,(H,16,17,18). The number of hydrogen-bond donors (Lipinski definition) is 2. The molecular formula is C14H21N3OS. The summed E-state index contributed by atoms with van der Waals surface area (Å²) in [5, 5.41) is 3.48. The van der Waals surface area contributed by atoms with Crippen molar-refractivity contribution in [3.8, 4) is 11.8 Å². The number of aromatic nitrogens is 1. The van der Waals surface area contributed by atoms with E-state index in [2.05, 4.69) is 29.1 Å². The fourth-order valence-electron chi connectivity index (χ4n) is 1.71. The lowest BCUT2D eigenvalue weighted by molar-refractivity contribution is -0.120. The quantitative estimate of drug-likeness (QED) is 0.787. The van der Waals surface area contributed by atoms with Crippen molar-refractivity contribution in [3.63, 3.8) is 0 Å². The number of amides is 1. The summed E-state index contributed by atoms with van der Waals surface area (Å²) < 4.78 is 0. The van der Waals surface area contributed by atoms with E-state index in [9.17, 15) is 4.79 Å².